The van der Waals surface area contributed by atoms with Gasteiger partial charge in [0.05, 0.1) is 4.34 Å². The summed E-state index contributed by atoms with van der Waals surface area (Å²) in [6.45, 7) is 3.12. The van der Waals surface area contributed by atoms with E-state index in [1.807, 2.05) is 6.07 Å². The molecule has 1 saturated carbocycles. The van der Waals surface area contributed by atoms with E-state index in [4.69, 9.17) is 11.6 Å². The van der Waals surface area contributed by atoms with Gasteiger partial charge in [-0.3, -0.25) is 0 Å². The number of nitrogens with zero attached hydrogens (tertiary/aromatic N) is 3. The van der Waals surface area contributed by atoms with Gasteiger partial charge in [-0.25, -0.2) is 0 Å². The first-order chi connectivity index (χ1) is 10.2. The first-order valence-corrected chi connectivity index (χ1v) is 9.87. The fraction of sp³-hybridized carbons (Fsp3) is 0.600. The predicted octanol–water partition coefficient (Wildman–Crippen LogP) is 5.18. The van der Waals surface area contributed by atoms with E-state index in [0.717, 1.165) is 16.0 Å². The van der Waals surface area contributed by atoms with Crippen molar-refractivity contribution in [2.45, 2.75) is 56.1 Å². The fourth-order valence-electron chi connectivity index (χ4n) is 3.28. The summed E-state index contributed by atoms with van der Waals surface area (Å²) in [7, 11) is 0. The van der Waals surface area contributed by atoms with Crippen molar-refractivity contribution in [2.75, 3.05) is 6.26 Å². The number of halogens is 1. The Labute approximate surface area is 139 Å². The fourth-order valence-corrected chi connectivity index (χ4v) is 5.05. The summed E-state index contributed by atoms with van der Waals surface area (Å²) in [5.74, 6) is 2.33. The van der Waals surface area contributed by atoms with Crippen molar-refractivity contribution in [1.29, 1.82) is 0 Å². The van der Waals surface area contributed by atoms with Crippen LogP contribution in [0.15, 0.2) is 17.3 Å². The molecule has 3 rings (SSSR count). The van der Waals surface area contributed by atoms with Crippen molar-refractivity contribution in [3.8, 4) is 0 Å². The molecule has 114 valence electrons. The standard InChI is InChI=1S/C15H20ClN3S2/c1-3-19-14(17-18-15(19)20-2)11-6-4-5-10(9-11)12-7-8-13(16)21-12/h7-8,10-11H,3-6,9H2,1-2H3. The number of hydrogen-bond acceptors (Lipinski definition) is 4. The number of rotatable bonds is 4. The van der Waals surface area contributed by atoms with E-state index in [0.29, 0.717) is 11.8 Å². The van der Waals surface area contributed by atoms with Gasteiger partial charge < -0.3 is 4.57 Å². The van der Waals surface area contributed by atoms with Gasteiger partial charge in [0.2, 0.25) is 0 Å². The van der Waals surface area contributed by atoms with Gasteiger partial charge in [-0.1, -0.05) is 29.8 Å². The molecule has 6 heteroatoms. The van der Waals surface area contributed by atoms with Crippen LogP contribution in [0, 0.1) is 0 Å². The maximum atomic E-state index is 6.09. The zero-order chi connectivity index (χ0) is 14.8. The Kier molecular flexibility index (Phi) is 4.92. The molecule has 2 aromatic rings. The molecule has 2 heterocycles. The van der Waals surface area contributed by atoms with Crippen LogP contribution < -0.4 is 0 Å². The van der Waals surface area contributed by atoms with E-state index in [1.54, 1.807) is 23.1 Å². The van der Waals surface area contributed by atoms with Crippen LogP contribution in [0.3, 0.4) is 0 Å². The first kappa shape index (κ1) is 15.4. The molecule has 0 saturated heterocycles. The summed E-state index contributed by atoms with van der Waals surface area (Å²) in [6.07, 6.45) is 6.99. The van der Waals surface area contributed by atoms with Gasteiger partial charge in [0.25, 0.3) is 0 Å². The van der Waals surface area contributed by atoms with Gasteiger partial charge in [-0.2, -0.15) is 0 Å². The molecule has 0 amide bonds. The molecule has 0 radical (unpaired) electrons. The van der Waals surface area contributed by atoms with Gasteiger partial charge in [0.15, 0.2) is 5.16 Å². The molecule has 1 aliphatic carbocycles. The molecule has 2 aromatic heterocycles. The van der Waals surface area contributed by atoms with Gasteiger partial charge in [0, 0.05) is 17.3 Å². The van der Waals surface area contributed by atoms with Crippen LogP contribution in [0.2, 0.25) is 4.34 Å². The largest absolute Gasteiger partial charge is 0.306 e. The lowest BCUT2D eigenvalue weighted by molar-refractivity contribution is 0.375. The molecule has 1 aliphatic rings. The van der Waals surface area contributed by atoms with Gasteiger partial charge in [-0.15, -0.1) is 21.5 Å². The van der Waals surface area contributed by atoms with Crippen LogP contribution in [0.1, 0.15) is 55.1 Å². The van der Waals surface area contributed by atoms with Crippen molar-refractivity contribution in [1.82, 2.24) is 14.8 Å². The van der Waals surface area contributed by atoms with Crippen LogP contribution in [-0.2, 0) is 6.54 Å². The van der Waals surface area contributed by atoms with Crippen molar-refractivity contribution >= 4 is 34.7 Å². The lowest BCUT2D eigenvalue weighted by Gasteiger charge is -2.28. The third-order valence-corrected chi connectivity index (χ3v) is 6.34. The number of thioether (sulfide) groups is 1. The molecule has 2 unspecified atom stereocenters. The molecule has 0 aromatic carbocycles. The Morgan fingerprint density at radius 2 is 2.14 bits per heavy atom. The number of hydrogen-bond donors (Lipinski definition) is 0. The zero-order valence-corrected chi connectivity index (χ0v) is 14.8. The highest BCUT2D eigenvalue weighted by molar-refractivity contribution is 7.98. The summed E-state index contributed by atoms with van der Waals surface area (Å²) in [6, 6.07) is 4.21. The molecule has 0 spiro atoms. The Morgan fingerprint density at radius 1 is 1.33 bits per heavy atom. The molecule has 0 bridgehead atoms. The van der Waals surface area contributed by atoms with E-state index in [9.17, 15) is 0 Å². The lowest BCUT2D eigenvalue weighted by atomic mass is 9.80. The highest BCUT2D eigenvalue weighted by Crippen LogP contribution is 2.43. The van der Waals surface area contributed by atoms with E-state index in [-0.39, 0.29) is 0 Å². The second kappa shape index (κ2) is 6.71. The van der Waals surface area contributed by atoms with E-state index < -0.39 is 0 Å². The van der Waals surface area contributed by atoms with Crippen molar-refractivity contribution < 1.29 is 0 Å². The molecular formula is C15H20ClN3S2. The van der Waals surface area contributed by atoms with Crippen LogP contribution in [-0.4, -0.2) is 21.0 Å². The minimum absolute atomic E-state index is 0.526. The summed E-state index contributed by atoms with van der Waals surface area (Å²) in [4.78, 5) is 1.43. The average molecular weight is 342 g/mol. The Morgan fingerprint density at radius 3 is 2.81 bits per heavy atom. The molecule has 0 aliphatic heterocycles. The van der Waals surface area contributed by atoms with Crippen LogP contribution in [0.25, 0.3) is 0 Å². The monoisotopic (exact) mass is 341 g/mol. The van der Waals surface area contributed by atoms with E-state index in [1.165, 1.54) is 36.4 Å². The van der Waals surface area contributed by atoms with Gasteiger partial charge in [-0.05, 0) is 50.5 Å². The van der Waals surface area contributed by atoms with Crippen molar-refractivity contribution in [3.63, 3.8) is 0 Å². The summed E-state index contributed by atoms with van der Waals surface area (Å²) in [5, 5.41) is 9.86. The highest BCUT2D eigenvalue weighted by Gasteiger charge is 2.29. The van der Waals surface area contributed by atoms with E-state index in [2.05, 4.69) is 34.0 Å². The molecule has 3 nitrogen and oxygen atoms in total. The van der Waals surface area contributed by atoms with Crippen LogP contribution >= 0.6 is 34.7 Å². The SMILES string of the molecule is CCn1c(SC)nnc1C1CCCC(c2ccc(Cl)s2)C1. The second-order valence-corrected chi connectivity index (χ2v) is 8.01. The number of aromatic nitrogens is 3. The van der Waals surface area contributed by atoms with Crippen molar-refractivity contribution in [2.24, 2.45) is 0 Å². The topological polar surface area (TPSA) is 30.7 Å². The van der Waals surface area contributed by atoms with Gasteiger partial charge in [0.1, 0.15) is 5.82 Å². The molecule has 21 heavy (non-hydrogen) atoms. The molecule has 0 N–H and O–H groups in total. The minimum atomic E-state index is 0.526. The Balaban J connectivity index is 1.81. The van der Waals surface area contributed by atoms with Crippen LogP contribution in [0.4, 0.5) is 0 Å². The molecule has 1 fully saturated rings. The molecular weight excluding hydrogens is 322 g/mol. The van der Waals surface area contributed by atoms with Gasteiger partial charge >= 0.3 is 0 Å². The van der Waals surface area contributed by atoms with E-state index >= 15 is 0 Å². The smallest absolute Gasteiger partial charge is 0.190 e. The van der Waals surface area contributed by atoms with Crippen LogP contribution in [0.5, 0.6) is 0 Å². The molecule has 2 atom stereocenters. The summed E-state index contributed by atoms with van der Waals surface area (Å²) >= 11 is 9.50. The Hall–Kier alpha value is -0.520. The maximum Gasteiger partial charge on any atom is 0.190 e. The normalized spacial score (nSPS) is 22.6. The third kappa shape index (κ3) is 3.15. The minimum Gasteiger partial charge on any atom is -0.306 e. The third-order valence-electron chi connectivity index (χ3n) is 4.28. The quantitative estimate of drug-likeness (QED) is 0.718. The van der Waals surface area contributed by atoms with Crippen molar-refractivity contribution in [3.05, 3.63) is 27.2 Å². The highest BCUT2D eigenvalue weighted by atomic mass is 35.5. The summed E-state index contributed by atoms with van der Waals surface area (Å²) < 4.78 is 3.17. The first-order valence-electron chi connectivity index (χ1n) is 7.45. The zero-order valence-electron chi connectivity index (χ0n) is 12.4. The lowest BCUT2D eigenvalue weighted by Crippen LogP contribution is -2.16. The number of thiophene rings is 1. The predicted molar refractivity (Wildman–Crippen MR) is 90.8 cm³/mol. The maximum absolute atomic E-state index is 6.09. The second-order valence-electron chi connectivity index (χ2n) is 5.49. The average Bonchev–Trinajstić information content (AvgIpc) is 3.12. The summed E-state index contributed by atoms with van der Waals surface area (Å²) in [5.41, 5.74) is 0. The Bertz CT molecular complexity index is 608.